The minimum Gasteiger partial charge on any atom is -0.496 e. The van der Waals surface area contributed by atoms with Gasteiger partial charge in [-0.15, -0.1) is 11.3 Å². The number of rotatable bonds is 7. The van der Waals surface area contributed by atoms with E-state index in [1.807, 2.05) is 29.6 Å². The van der Waals surface area contributed by atoms with Gasteiger partial charge < -0.3 is 10.1 Å². The molecule has 164 valence electrons. The number of thioether (sulfide) groups is 1. The molecular weight excluding hydrogens is 473 g/mol. The van der Waals surface area contributed by atoms with Crippen LogP contribution in [0.1, 0.15) is 5.56 Å². The van der Waals surface area contributed by atoms with E-state index in [0.29, 0.717) is 26.8 Å². The molecule has 0 unspecified atom stereocenters. The lowest BCUT2D eigenvalue weighted by Crippen LogP contribution is -2.24. The van der Waals surface area contributed by atoms with Crippen LogP contribution in [0.15, 0.2) is 63.9 Å². The van der Waals surface area contributed by atoms with Crippen molar-refractivity contribution in [2.45, 2.75) is 11.7 Å². The highest BCUT2D eigenvalue weighted by atomic mass is 35.5. The van der Waals surface area contributed by atoms with Gasteiger partial charge in [0.15, 0.2) is 5.16 Å². The molecule has 0 spiro atoms. The first-order valence-electron chi connectivity index (χ1n) is 9.44. The van der Waals surface area contributed by atoms with E-state index >= 15 is 0 Å². The summed E-state index contributed by atoms with van der Waals surface area (Å²) in [5, 5.41) is 4.82. The number of hydrogen-bond acceptors (Lipinski definition) is 6. The summed E-state index contributed by atoms with van der Waals surface area (Å²) in [5.74, 6) is -0.232. The molecule has 0 radical (unpaired) electrons. The number of ether oxygens (including phenoxy) is 1. The fourth-order valence-corrected chi connectivity index (χ4v) is 4.84. The molecule has 0 aliphatic heterocycles. The van der Waals surface area contributed by atoms with E-state index < -0.39 is 5.82 Å². The third kappa shape index (κ3) is 4.79. The molecule has 32 heavy (non-hydrogen) atoms. The molecule has 0 aliphatic rings. The summed E-state index contributed by atoms with van der Waals surface area (Å²) >= 11 is 8.24. The number of nitrogens with one attached hydrogen (secondary N) is 1. The lowest BCUT2D eigenvalue weighted by Gasteiger charge is -2.14. The highest BCUT2D eigenvalue weighted by Gasteiger charge is 2.16. The maximum absolute atomic E-state index is 13.3. The van der Waals surface area contributed by atoms with Crippen LogP contribution in [0.2, 0.25) is 5.02 Å². The molecule has 0 atom stereocenters. The van der Waals surface area contributed by atoms with Crippen molar-refractivity contribution in [3.63, 3.8) is 0 Å². The maximum atomic E-state index is 13.3. The molecule has 2 heterocycles. The van der Waals surface area contributed by atoms with Crippen molar-refractivity contribution in [3.8, 4) is 5.75 Å². The lowest BCUT2D eigenvalue weighted by atomic mass is 10.2. The Morgan fingerprint density at radius 2 is 2.09 bits per heavy atom. The summed E-state index contributed by atoms with van der Waals surface area (Å²) in [6.07, 6.45) is 0. The Kier molecular flexibility index (Phi) is 6.78. The minimum absolute atomic E-state index is 0.00298. The Morgan fingerprint density at radius 1 is 1.28 bits per heavy atom. The van der Waals surface area contributed by atoms with Crippen molar-refractivity contribution >= 4 is 56.5 Å². The van der Waals surface area contributed by atoms with Crippen molar-refractivity contribution in [2.75, 3.05) is 18.2 Å². The van der Waals surface area contributed by atoms with Crippen LogP contribution in [0, 0.1) is 5.82 Å². The topological polar surface area (TPSA) is 73.2 Å². The Labute approximate surface area is 196 Å². The zero-order valence-corrected chi connectivity index (χ0v) is 19.2. The maximum Gasteiger partial charge on any atom is 0.272 e. The van der Waals surface area contributed by atoms with Crippen LogP contribution < -0.4 is 15.6 Å². The Balaban J connectivity index is 1.59. The summed E-state index contributed by atoms with van der Waals surface area (Å²) in [4.78, 5) is 30.2. The van der Waals surface area contributed by atoms with E-state index in [2.05, 4.69) is 10.3 Å². The highest BCUT2D eigenvalue weighted by molar-refractivity contribution is 7.99. The Morgan fingerprint density at radius 3 is 2.88 bits per heavy atom. The van der Waals surface area contributed by atoms with E-state index in [9.17, 15) is 14.0 Å². The quantitative estimate of drug-likeness (QED) is 0.291. The largest absolute Gasteiger partial charge is 0.496 e. The molecule has 0 saturated carbocycles. The first kappa shape index (κ1) is 22.3. The highest BCUT2D eigenvalue weighted by Crippen LogP contribution is 2.25. The molecule has 0 aliphatic carbocycles. The normalized spacial score (nSPS) is 11.0. The number of anilines is 1. The zero-order chi connectivity index (χ0) is 22.7. The van der Waals surface area contributed by atoms with Gasteiger partial charge in [0.25, 0.3) is 5.56 Å². The summed E-state index contributed by atoms with van der Waals surface area (Å²) < 4.78 is 20.8. The molecule has 0 saturated heterocycles. The number of para-hydroxylation sites is 1. The van der Waals surface area contributed by atoms with Crippen LogP contribution in [0.3, 0.4) is 0 Å². The standard InChI is InChI=1S/C22H17ClFN3O3S2/c1-30-18-5-3-2-4-13(18)11-27-21(29)20-17(8-9-31-20)26-22(27)32-12-19(28)25-14-6-7-16(24)15(23)10-14/h2-10H,11-12H2,1H3,(H,25,28). The smallest absolute Gasteiger partial charge is 0.272 e. The van der Waals surface area contributed by atoms with E-state index in [4.69, 9.17) is 16.3 Å². The van der Waals surface area contributed by atoms with Crippen LogP contribution >= 0.6 is 34.7 Å². The third-order valence-electron chi connectivity index (χ3n) is 4.59. The van der Waals surface area contributed by atoms with Crippen molar-refractivity contribution in [1.29, 1.82) is 0 Å². The Bertz CT molecular complexity index is 1360. The number of methoxy groups -OCH3 is 1. The number of aromatic nitrogens is 2. The molecule has 1 amide bonds. The number of carbonyl (C=O) groups excluding carboxylic acids is 1. The van der Waals surface area contributed by atoms with Gasteiger partial charge in [0, 0.05) is 11.3 Å². The second kappa shape index (κ2) is 9.72. The fourth-order valence-electron chi connectivity index (χ4n) is 3.08. The number of nitrogens with zero attached hydrogens (tertiary/aromatic N) is 2. The number of fused-ring (bicyclic) bond motifs is 1. The van der Waals surface area contributed by atoms with Crippen LogP contribution in [0.5, 0.6) is 5.75 Å². The molecule has 6 nitrogen and oxygen atoms in total. The predicted molar refractivity (Wildman–Crippen MR) is 127 cm³/mol. The fraction of sp³-hybridized carbons (Fsp3) is 0.136. The van der Waals surface area contributed by atoms with Crippen molar-refractivity contribution < 1.29 is 13.9 Å². The molecule has 1 N–H and O–H groups in total. The van der Waals surface area contributed by atoms with Gasteiger partial charge in [0.2, 0.25) is 5.91 Å². The first-order valence-corrected chi connectivity index (χ1v) is 11.7. The van der Waals surface area contributed by atoms with Gasteiger partial charge in [0.1, 0.15) is 16.3 Å². The van der Waals surface area contributed by atoms with Gasteiger partial charge in [0.05, 0.1) is 29.9 Å². The van der Waals surface area contributed by atoms with E-state index in [-0.39, 0.29) is 28.8 Å². The monoisotopic (exact) mass is 489 g/mol. The molecule has 2 aromatic heterocycles. The minimum atomic E-state index is -0.562. The van der Waals surface area contributed by atoms with Crippen LogP contribution in [-0.2, 0) is 11.3 Å². The zero-order valence-electron chi connectivity index (χ0n) is 16.8. The Hall–Kier alpha value is -2.88. The van der Waals surface area contributed by atoms with E-state index in [0.717, 1.165) is 17.3 Å². The second-order valence-electron chi connectivity index (χ2n) is 6.70. The molecule has 4 rings (SSSR count). The first-order chi connectivity index (χ1) is 15.5. The number of benzene rings is 2. The molecule has 0 fully saturated rings. The molecule has 4 aromatic rings. The number of amides is 1. The average molecular weight is 490 g/mol. The predicted octanol–water partition coefficient (Wildman–Crippen LogP) is 5.04. The number of hydrogen-bond donors (Lipinski definition) is 1. The van der Waals surface area contributed by atoms with E-state index in [1.54, 1.807) is 17.7 Å². The van der Waals surface area contributed by atoms with Gasteiger partial charge in [-0.1, -0.05) is 41.6 Å². The van der Waals surface area contributed by atoms with E-state index in [1.165, 1.54) is 29.5 Å². The average Bonchev–Trinajstić information content (AvgIpc) is 3.26. The van der Waals surface area contributed by atoms with Crippen LogP contribution in [0.25, 0.3) is 10.2 Å². The molecule has 10 heteroatoms. The van der Waals surface area contributed by atoms with Crippen LogP contribution in [0.4, 0.5) is 10.1 Å². The molecule has 2 aromatic carbocycles. The summed E-state index contributed by atoms with van der Waals surface area (Å²) in [5.41, 5.74) is 1.62. The summed E-state index contributed by atoms with van der Waals surface area (Å²) in [7, 11) is 1.57. The van der Waals surface area contributed by atoms with Gasteiger partial charge in [-0.2, -0.15) is 0 Å². The SMILES string of the molecule is COc1ccccc1Cn1c(SCC(=O)Nc2ccc(F)c(Cl)c2)nc2ccsc2c1=O. The lowest BCUT2D eigenvalue weighted by molar-refractivity contribution is -0.113. The van der Waals surface area contributed by atoms with Gasteiger partial charge in [-0.25, -0.2) is 9.37 Å². The molecule has 0 bridgehead atoms. The number of carbonyl (C=O) groups is 1. The molecular formula is C22H17ClFN3O3S2. The van der Waals surface area contributed by atoms with Gasteiger partial charge >= 0.3 is 0 Å². The van der Waals surface area contributed by atoms with Gasteiger partial charge in [-0.05, 0) is 35.7 Å². The van der Waals surface area contributed by atoms with Crippen molar-refractivity contribution in [2.24, 2.45) is 0 Å². The third-order valence-corrected chi connectivity index (χ3v) is 6.75. The van der Waals surface area contributed by atoms with Crippen LogP contribution in [-0.4, -0.2) is 28.3 Å². The van der Waals surface area contributed by atoms with Crippen molar-refractivity contribution in [1.82, 2.24) is 9.55 Å². The summed E-state index contributed by atoms with van der Waals surface area (Å²) in [6, 6.07) is 13.2. The number of halogens is 2. The number of thiophene rings is 1. The van der Waals surface area contributed by atoms with Crippen molar-refractivity contribution in [3.05, 3.63) is 80.7 Å². The summed E-state index contributed by atoms with van der Waals surface area (Å²) in [6.45, 7) is 0.251. The van der Waals surface area contributed by atoms with Gasteiger partial charge in [-0.3, -0.25) is 14.2 Å². The second-order valence-corrected chi connectivity index (χ2v) is 8.96.